The summed E-state index contributed by atoms with van der Waals surface area (Å²) < 4.78 is 10.9. The van der Waals surface area contributed by atoms with Crippen molar-refractivity contribution in [2.45, 2.75) is 52.5 Å². The summed E-state index contributed by atoms with van der Waals surface area (Å²) in [6, 6.07) is 5.64. The molecular formula is C23H32N2O5. The predicted molar refractivity (Wildman–Crippen MR) is 112 cm³/mol. The van der Waals surface area contributed by atoms with Crippen LogP contribution in [0.15, 0.2) is 18.2 Å². The standard InChI is InChI=1S/C23H32N2O5/c1-4-24(15-16-10-11-19(30-5-2)20(14-16)29-3)21(26)12-13-25-22(27)17-8-6-7-9-18(17)23(25)28/h10-11,14,17-18H,4-9,12-13,15H2,1-3H3/t17-,18+. The number of nitrogens with zero attached hydrogens (tertiary/aromatic N) is 2. The fourth-order valence-electron chi connectivity index (χ4n) is 4.50. The van der Waals surface area contributed by atoms with Gasteiger partial charge in [0.1, 0.15) is 0 Å². The van der Waals surface area contributed by atoms with Gasteiger partial charge in [-0.25, -0.2) is 0 Å². The molecule has 2 aliphatic rings. The predicted octanol–water partition coefficient (Wildman–Crippen LogP) is 3.01. The molecule has 1 heterocycles. The molecule has 0 aromatic heterocycles. The van der Waals surface area contributed by atoms with Crippen LogP contribution < -0.4 is 9.47 Å². The number of hydrogen-bond donors (Lipinski definition) is 0. The Kier molecular flexibility index (Phi) is 7.34. The second-order valence-electron chi connectivity index (χ2n) is 7.90. The van der Waals surface area contributed by atoms with Gasteiger partial charge in [-0.1, -0.05) is 18.9 Å². The molecule has 0 bridgehead atoms. The van der Waals surface area contributed by atoms with E-state index in [4.69, 9.17) is 9.47 Å². The molecule has 1 saturated heterocycles. The van der Waals surface area contributed by atoms with E-state index in [9.17, 15) is 14.4 Å². The van der Waals surface area contributed by atoms with Crippen LogP contribution in [0.2, 0.25) is 0 Å². The van der Waals surface area contributed by atoms with Gasteiger partial charge >= 0.3 is 0 Å². The smallest absolute Gasteiger partial charge is 0.233 e. The van der Waals surface area contributed by atoms with E-state index in [0.717, 1.165) is 31.2 Å². The van der Waals surface area contributed by atoms with E-state index < -0.39 is 0 Å². The van der Waals surface area contributed by atoms with E-state index in [1.54, 1.807) is 12.0 Å². The lowest BCUT2D eigenvalue weighted by molar-refractivity contribution is -0.141. The number of rotatable bonds is 9. The van der Waals surface area contributed by atoms with Crippen LogP contribution >= 0.6 is 0 Å². The molecule has 30 heavy (non-hydrogen) atoms. The number of fused-ring (bicyclic) bond motifs is 1. The van der Waals surface area contributed by atoms with Gasteiger partial charge in [-0.15, -0.1) is 0 Å². The number of benzene rings is 1. The minimum atomic E-state index is -0.167. The Bertz CT molecular complexity index is 770. The fraction of sp³-hybridized carbons (Fsp3) is 0.609. The maximum Gasteiger partial charge on any atom is 0.233 e. The summed E-state index contributed by atoms with van der Waals surface area (Å²) in [5, 5.41) is 0. The molecule has 7 nitrogen and oxygen atoms in total. The molecule has 2 fully saturated rings. The Morgan fingerprint density at radius 1 is 1.10 bits per heavy atom. The van der Waals surface area contributed by atoms with E-state index in [-0.39, 0.29) is 42.5 Å². The monoisotopic (exact) mass is 416 g/mol. The van der Waals surface area contributed by atoms with Crippen LogP contribution in [0, 0.1) is 11.8 Å². The SMILES string of the molecule is CCOc1ccc(CN(CC)C(=O)CCN2C(=O)[C@H]3CCCC[C@H]3C2=O)cc1OC. The lowest BCUT2D eigenvalue weighted by Crippen LogP contribution is -2.37. The lowest BCUT2D eigenvalue weighted by Gasteiger charge is -2.23. The van der Waals surface area contributed by atoms with Gasteiger partial charge in [0.25, 0.3) is 0 Å². The molecule has 1 aromatic carbocycles. The first-order valence-electron chi connectivity index (χ1n) is 10.9. The fourth-order valence-corrected chi connectivity index (χ4v) is 4.50. The van der Waals surface area contributed by atoms with Crippen LogP contribution in [0.1, 0.15) is 51.5 Å². The van der Waals surface area contributed by atoms with E-state index in [2.05, 4.69) is 0 Å². The molecule has 3 rings (SSSR count). The molecule has 164 valence electrons. The third kappa shape index (κ3) is 4.60. The first kappa shape index (κ1) is 22.1. The maximum atomic E-state index is 12.8. The van der Waals surface area contributed by atoms with Crippen molar-refractivity contribution < 1.29 is 23.9 Å². The summed E-state index contributed by atoms with van der Waals surface area (Å²) in [6.07, 6.45) is 3.74. The summed E-state index contributed by atoms with van der Waals surface area (Å²) >= 11 is 0. The zero-order valence-corrected chi connectivity index (χ0v) is 18.2. The molecule has 1 aliphatic heterocycles. The summed E-state index contributed by atoms with van der Waals surface area (Å²) in [5.74, 6) is 0.730. The number of carbonyl (C=O) groups excluding carboxylic acids is 3. The van der Waals surface area contributed by atoms with Crippen LogP contribution in [0.4, 0.5) is 0 Å². The average Bonchev–Trinajstić information content (AvgIpc) is 3.01. The number of likely N-dealkylation sites (tertiary alicyclic amines) is 1. The highest BCUT2D eigenvalue weighted by atomic mass is 16.5. The Balaban J connectivity index is 1.60. The molecule has 2 atom stereocenters. The van der Waals surface area contributed by atoms with Gasteiger partial charge < -0.3 is 14.4 Å². The topological polar surface area (TPSA) is 76.2 Å². The lowest BCUT2D eigenvalue weighted by atomic mass is 9.81. The maximum absolute atomic E-state index is 12.8. The molecule has 7 heteroatoms. The highest BCUT2D eigenvalue weighted by Crippen LogP contribution is 2.38. The number of hydrogen-bond acceptors (Lipinski definition) is 5. The molecule has 0 radical (unpaired) electrons. The van der Waals surface area contributed by atoms with Gasteiger partial charge in [0.15, 0.2) is 11.5 Å². The van der Waals surface area contributed by atoms with Crippen molar-refractivity contribution in [1.29, 1.82) is 0 Å². The summed E-state index contributed by atoms with van der Waals surface area (Å²) in [5.41, 5.74) is 0.935. The first-order valence-corrected chi connectivity index (χ1v) is 10.9. The van der Waals surface area contributed by atoms with E-state index in [1.165, 1.54) is 4.90 Å². The summed E-state index contributed by atoms with van der Waals surface area (Å²) in [4.78, 5) is 41.1. The Hall–Kier alpha value is -2.57. The number of ether oxygens (including phenoxy) is 2. The van der Waals surface area contributed by atoms with E-state index >= 15 is 0 Å². The molecule has 1 aliphatic carbocycles. The largest absolute Gasteiger partial charge is 0.493 e. The first-order chi connectivity index (χ1) is 14.5. The quantitative estimate of drug-likeness (QED) is 0.579. The molecule has 3 amide bonds. The highest BCUT2D eigenvalue weighted by molar-refractivity contribution is 6.05. The molecule has 0 N–H and O–H groups in total. The van der Waals surface area contributed by atoms with Gasteiger partial charge in [0, 0.05) is 26.1 Å². The van der Waals surface area contributed by atoms with Crippen LogP contribution in [-0.4, -0.2) is 54.3 Å². The van der Waals surface area contributed by atoms with Gasteiger partial charge in [-0.3, -0.25) is 19.3 Å². The Morgan fingerprint density at radius 3 is 2.33 bits per heavy atom. The Labute approximate surface area is 178 Å². The molecule has 0 unspecified atom stereocenters. The number of methoxy groups -OCH3 is 1. The van der Waals surface area contributed by atoms with Gasteiger partial charge in [-0.2, -0.15) is 0 Å². The highest BCUT2D eigenvalue weighted by Gasteiger charge is 2.47. The third-order valence-corrected chi connectivity index (χ3v) is 6.12. The number of imide groups is 1. The minimum Gasteiger partial charge on any atom is -0.493 e. The van der Waals surface area contributed by atoms with Crippen molar-refractivity contribution in [3.05, 3.63) is 23.8 Å². The van der Waals surface area contributed by atoms with Crippen LogP contribution in [0.5, 0.6) is 11.5 Å². The minimum absolute atomic E-state index is 0.0687. The van der Waals surface area contributed by atoms with E-state index in [0.29, 0.717) is 31.2 Å². The zero-order chi connectivity index (χ0) is 21.7. The van der Waals surface area contributed by atoms with E-state index in [1.807, 2.05) is 32.0 Å². The second kappa shape index (κ2) is 9.96. The van der Waals surface area contributed by atoms with Crippen molar-refractivity contribution in [3.8, 4) is 11.5 Å². The molecule has 1 aromatic rings. The molecular weight excluding hydrogens is 384 g/mol. The normalized spacial score (nSPS) is 20.8. The van der Waals surface area contributed by atoms with Crippen molar-refractivity contribution in [2.24, 2.45) is 11.8 Å². The van der Waals surface area contributed by atoms with Crippen molar-refractivity contribution >= 4 is 17.7 Å². The Morgan fingerprint density at radius 2 is 1.77 bits per heavy atom. The van der Waals surface area contributed by atoms with Gasteiger partial charge in [-0.05, 0) is 44.4 Å². The number of amides is 3. The van der Waals surface area contributed by atoms with Crippen LogP contribution in [0.3, 0.4) is 0 Å². The third-order valence-electron chi connectivity index (χ3n) is 6.12. The van der Waals surface area contributed by atoms with Crippen molar-refractivity contribution in [3.63, 3.8) is 0 Å². The number of carbonyl (C=O) groups is 3. The van der Waals surface area contributed by atoms with Gasteiger partial charge in [0.05, 0.1) is 25.6 Å². The van der Waals surface area contributed by atoms with Crippen molar-refractivity contribution in [1.82, 2.24) is 9.80 Å². The van der Waals surface area contributed by atoms with Crippen molar-refractivity contribution in [2.75, 3.05) is 26.8 Å². The second-order valence-corrected chi connectivity index (χ2v) is 7.90. The zero-order valence-electron chi connectivity index (χ0n) is 18.2. The molecule has 1 saturated carbocycles. The summed E-state index contributed by atoms with van der Waals surface area (Å²) in [7, 11) is 1.59. The molecule has 0 spiro atoms. The van der Waals surface area contributed by atoms with Crippen LogP contribution in [0.25, 0.3) is 0 Å². The van der Waals surface area contributed by atoms with Crippen LogP contribution in [-0.2, 0) is 20.9 Å². The van der Waals surface area contributed by atoms with Gasteiger partial charge in [0.2, 0.25) is 17.7 Å². The summed E-state index contributed by atoms with van der Waals surface area (Å²) in [6.45, 7) is 5.53. The average molecular weight is 417 g/mol.